The van der Waals surface area contributed by atoms with Crippen LogP contribution in [0.25, 0.3) is 0 Å². The van der Waals surface area contributed by atoms with E-state index in [1.54, 1.807) is 29.2 Å². The van der Waals surface area contributed by atoms with E-state index in [9.17, 15) is 14.4 Å². The third kappa shape index (κ3) is 5.21. The highest BCUT2D eigenvalue weighted by Gasteiger charge is 2.35. The van der Waals surface area contributed by atoms with Gasteiger partial charge in [0.25, 0.3) is 0 Å². The summed E-state index contributed by atoms with van der Waals surface area (Å²) in [6, 6.07) is 6.95. The van der Waals surface area contributed by atoms with Crippen LogP contribution in [-0.4, -0.2) is 35.0 Å². The first kappa shape index (κ1) is 19.7. The fraction of sp³-hybridized carbons (Fsp3) is 0.294. The first-order valence-corrected chi connectivity index (χ1v) is 10.5. The summed E-state index contributed by atoms with van der Waals surface area (Å²) < 4.78 is 0. The number of amides is 3. The lowest BCUT2D eigenvalue weighted by Gasteiger charge is -2.16. The second-order valence-electron chi connectivity index (χ2n) is 5.97. The van der Waals surface area contributed by atoms with E-state index in [2.05, 4.69) is 10.3 Å². The zero-order chi connectivity index (χ0) is 19.4. The highest BCUT2D eigenvalue weighted by Crippen LogP contribution is 2.28. The highest BCUT2D eigenvalue weighted by molar-refractivity contribution is 7.99. The van der Waals surface area contributed by atoms with E-state index in [1.165, 1.54) is 23.1 Å². The zero-order valence-electron chi connectivity index (χ0n) is 14.2. The Labute approximate surface area is 169 Å². The Morgan fingerprint density at radius 2 is 2.11 bits per heavy atom. The molecule has 1 atom stereocenters. The molecule has 1 aliphatic heterocycles. The van der Waals surface area contributed by atoms with Gasteiger partial charge in [0.1, 0.15) is 0 Å². The van der Waals surface area contributed by atoms with Crippen molar-refractivity contribution in [3.8, 4) is 0 Å². The number of hydrogen-bond donors (Lipinski definition) is 2. The van der Waals surface area contributed by atoms with E-state index in [-0.39, 0.29) is 29.9 Å². The van der Waals surface area contributed by atoms with E-state index in [1.807, 2.05) is 5.38 Å². The molecule has 0 radical (unpaired) electrons. The van der Waals surface area contributed by atoms with Crippen molar-refractivity contribution >= 4 is 63.2 Å². The predicted molar refractivity (Wildman–Crippen MR) is 108 cm³/mol. The van der Waals surface area contributed by atoms with Crippen LogP contribution in [0.3, 0.4) is 0 Å². The largest absolute Gasteiger partial charge is 0.369 e. The van der Waals surface area contributed by atoms with Gasteiger partial charge in [-0.3, -0.25) is 14.4 Å². The van der Waals surface area contributed by atoms with Crippen LogP contribution in [0.5, 0.6) is 0 Å². The number of carbonyl (C=O) groups excluding carboxylic acids is 3. The summed E-state index contributed by atoms with van der Waals surface area (Å²) in [7, 11) is 0. The predicted octanol–water partition coefficient (Wildman–Crippen LogP) is 2.51. The number of carbonyl (C=O) groups is 3. The molecule has 1 aromatic carbocycles. The number of nitrogens with zero attached hydrogens (tertiary/aromatic N) is 2. The molecule has 1 saturated heterocycles. The molecule has 1 aromatic heterocycles. The topological polar surface area (TPSA) is 105 Å². The van der Waals surface area contributed by atoms with Gasteiger partial charge in [0.15, 0.2) is 5.13 Å². The van der Waals surface area contributed by atoms with Gasteiger partial charge in [-0.2, -0.15) is 0 Å². The van der Waals surface area contributed by atoms with E-state index in [0.29, 0.717) is 22.5 Å². The van der Waals surface area contributed by atoms with Crippen LogP contribution in [0.15, 0.2) is 29.6 Å². The first-order valence-electron chi connectivity index (χ1n) is 8.09. The van der Waals surface area contributed by atoms with Crippen molar-refractivity contribution < 1.29 is 14.4 Å². The summed E-state index contributed by atoms with van der Waals surface area (Å²) in [6.45, 7) is 0.318. The molecule has 0 spiro atoms. The molecule has 0 saturated carbocycles. The van der Waals surface area contributed by atoms with Crippen LogP contribution in [0.4, 0.5) is 10.8 Å². The Balaban J connectivity index is 1.56. The van der Waals surface area contributed by atoms with E-state index < -0.39 is 5.92 Å². The highest BCUT2D eigenvalue weighted by atomic mass is 35.5. The minimum absolute atomic E-state index is 0.0971. The second kappa shape index (κ2) is 8.73. The summed E-state index contributed by atoms with van der Waals surface area (Å²) >= 11 is 8.55. The lowest BCUT2D eigenvalue weighted by molar-refractivity contribution is -0.122. The van der Waals surface area contributed by atoms with Gasteiger partial charge in [-0.25, -0.2) is 4.98 Å². The summed E-state index contributed by atoms with van der Waals surface area (Å²) in [5.74, 6) is -0.374. The number of thiazole rings is 1. The van der Waals surface area contributed by atoms with Gasteiger partial charge in [-0.15, -0.1) is 23.1 Å². The molecule has 1 fully saturated rings. The van der Waals surface area contributed by atoms with Gasteiger partial charge < -0.3 is 16.0 Å². The van der Waals surface area contributed by atoms with E-state index in [0.717, 1.165) is 11.4 Å². The standard InChI is InChI=1S/C17H17ClN4O3S2/c18-11-1-3-13(4-2-11)22-6-10(5-15(22)24)16(25)21-17-20-12(8-27-17)7-26-9-14(19)23/h1-4,8,10H,5-7,9H2,(H2,19,23)(H,20,21,25). The van der Waals surface area contributed by atoms with E-state index in [4.69, 9.17) is 17.3 Å². The van der Waals surface area contributed by atoms with Gasteiger partial charge in [-0.1, -0.05) is 11.6 Å². The number of benzene rings is 1. The van der Waals surface area contributed by atoms with Crippen molar-refractivity contribution in [2.24, 2.45) is 11.7 Å². The number of nitrogens with two attached hydrogens (primary N) is 1. The fourth-order valence-electron chi connectivity index (χ4n) is 2.65. The maximum Gasteiger partial charge on any atom is 0.231 e. The lowest BCUT2D eigenvalue weighted by atomic mass is 10.1. The Hall–Kier alpha value is -2.10. The Morgan fingerprint density at radius 1 is 1.37 bits per heavy atom. The van der Waals surface area contributed by atoms with E-state index >= 15 is 0 Å². The van der Waals surface area contributed by atoms with Crippen LogP contribution < -0.4 is 16.0 Å². The monoisotopic (exact) mass is 424 g/mol. The van der Waals surface area contributed by atoms with Gasteiger partial charge in [-0.05, 0) is 24.3 Å². The van der Waals surface area contributed by atoms with Crippen LogP contribution >= 0.6 is 34.7 Å². The first-order chi connectivity index (χ1) is 12.9. The number of nitrogens with one attached hydrogen (secondary N) is 1. The molecule has 0 bridgehead atoms. The normalized spacial score (nSPS) is 16.6. The third-order valence-electron chi connectivity index (χ3n) is 3.91. The van der Waals surface area contributed by atoms with Crippen LogP contribution in [0, 0.1) is 5.92 Å². The van der Waals surface area contributed by atoms with Gasteiger partial charge in [0, 0.05) is 34.8 Å². The molecular weight excluding hydrogens is 408 g/mol. The summed E-state index contributed by atoms with van der Waals surface area (Å²) in [5.41, 5.74) is 6.59. The Morgan fingerprint density at radius 3 is 2.81 bits per heavy atom. The van der Waals surface area contributed by atoms with Gasteiger partial charge in [0.05, 0.1) is 17.4 Å². The molecule has 3 amide bonds. The molecule has 27 heavy (non-hydrogen) atoms. The number of halogens is 1. The molecule has 1 aliphatic rings. The van der Waals surface area contributed by atoms with Gasteiger partial charge >= 0.3 is 0 Å². The smallest absolute Gasteiger partial charge is 0.231 e. The minimum Gasteiger partial charge on any atom is -0.369 e. The molecule has 3 rings (SSSR count). The molecule has 1 unspecified atom stereocenters. The van der Waals surface area contributed by atoms with Crippen LogP contribution in [0.1, 0.15) is 12.1 Å². The molecule has 0 aliphatic carbocycles. The maximum absolute atomic E-state index is 12.5. The molecule has 2 heterocycles. The average Bonchev–Trinajstić information content (AvgIpc) is 3.22. The zero-order valence-corrected chi connectivity index (χ0v) is 16.6. The molecule has 10 heteroatoms. The van der Waals surface area contributed by atoms with Crippen LogP contribution in [-0.2, 0) is 20.1 Å². The Kier molecular flexibility index (Phi) is 6.35. The third-order valence-corrected chi connectivity index (χ3v) is 5.96. The van der Waals surface area contributed by atoms with Crippen molar-refractivity contribution in [1.82, 2.24) is 4.98 Å². The lowest BCUT2D eigenvalue weighted by Crippen LogP contribution is -2.28. The average molecular weight is 425 g/mol. The SMILES string of the molecule is NC(=O)CSCc1csc(NC(=O)C2CC(=O)N(c3ccc(Cl)cc3)C2)n1. The molecule has 2 aromatic rings. The number of hydrogen-bond acceptors (Lipinski definition) is 6. The van der Waals surface area contributed by atoms with Crippen LogP contribution in [0.2, 0.25) is 5.02 Å². The Bertz CT molecular complexity index is 856. The quantitative estimate of drug-likeness (QED) is 0.710. The maximum atomic E-state index is 12.5. The fourth-order valence-corrected chi connectivity index (χ4v) is 4.25. The summed E-state index contributed by atoms with van der Waals surface area (Å²) in [4.78, 5) is 41.4. The van der Waals surface area contributed by atoms with Gasteiger partial charge in [0.2, 0.25) is 17.7 Å². The molecule has 142 valence electrons. The number of primary amides is 1. The number of thioether (sulfide) groups is 1. The number of rotatable bonds is 7. The van der Waals surface area contributed by atoms with Crippen molar-refractivity contribution in [3.63, 3.8) is 0 Å². The summed E-state index contributed by atoms with van der Waals surface area (Å²) in [5, 5.41) is 5.67. The molecular formula is C17H17ClN4O3S2. The number of anilines is 2. The number of aromatic nitrogens is 1. The van der Waals surface area contributed by atoms with Crippen molar-refractivity contribution in [3.05, 3.63) is 40.4 Å². The molecule has 7 nitrogen and oxygen atoms in total. The minimum atomic E-state index is -0.440. The van der Waals surface area contributed by atoms with Crippen molar-refractivity contribution in [1.29, 1.82) is 0 Å². The van der Waals surface area contributed by atoms with Crippen molar-refractivity contribution in [2.75, 3.05) is 22.5 Å². The van der Waals surface area contributed by atoms with Crippen molar-refractivity contribution in [2.45, 2.75) is 12.2 Å². The molecule has 3 N–H and O–H groups in total. The second-order valence-corrected chi connectivity index (χ2v) is 8.25. The summed E-state index contributed by atoms with van der Waals surface area (Å²) in [6.07, 6.45) is 0.154.